The lowest BCUT2D eigenvalue weighted by Gasteiger charge is -2.26. The molecule has 0 aromatic carbocycles. The van der Waals surface area contributed by atoms with E-state index in [1.807, 2.05) is 40.0 Å². The highest BCUT2D eigenvalue weighted by atomic mass is 16.6. The molecule has 1 aliphatic rings. The van der Waals surface area contributed by atoms with Gasteiger partial charge in [-0.3, -0.25) is 0 Å². The van der Waals surface area contributed by atoms with Crippen molar-refractivity contribution in [3.8, 4) is 0 Å². The summed E-state index contributed by atoms with van der Waals surface area (Å²) in [5.41, 5.74) is -0.388. The molecule has 1 fully saturated rings. The van der Waals surface area contributed by atoms with Crippen LogP contribution < -0.4 is 0 Å². The Morgan fingerprint density at radius 1 is 1.47 bits per heavy atom. The molecule has 0 saturated carbocycles. The Bertz CT molecular complexity index is 253. The second-order valence-corrected chi connectivity index (χ2v) is 4.91. The Morgan fingerprint density at radius 3 is 2.67 bits per heavy atom. The molecule has 0 bridgehead atoms. The normalized spacial score (nSPS) is 22.4. The Hall–Kier alpha value is -0.990. The summed E-state index contributed by atoms with van der Waals surface area (Å²) in [4.78, 5) is 13.9. The van der Waals surface area contributed by atoms with E-state index in [9.17, 15) is 4.79 Å². The quantitative estimate of drug-likeness (QED) is 0.656. The lowest BCUT2D eigenvalue weighted by atomic mass is 10.1. The number of ether oxygens (including phenoxy) is 1. The van der Waals surface area contributed by atoms with Crippen LogP contribution in [0.25, 0.3) is 0 Å². The first-order valence-corrected chi connectivity index (χ1v) is 5.55. The molecule has 0 radical (unpaired) electrons. The molecule has 15 heavy (non-hydrogen) atoms. The average molecular weight is 211 g/mol. The number of carbonyl (C=O) groups excluding carboxylic acids is 1. The molecule has 0 spiro atoms. The first-order chi connectivity index (χ1) is 6.94. The van der Waals surface area contributed by atoms with Crippen molar-refractivity contribution >= 4 is 5.97 Å². The number of rotatable bonds is 2. The van der Waals surface area contributed by atoms with Crippen molar-refractivity contribution in [3.63, 3.8) is 0 Å². The summed E-state index contributed by atoms with van der Waals surface area (Å²) in [7, 11) is 0. The minimum absolute atomic E-state index is 0.0829. The van der Waals surface area contributed by atoms with Crippen LogP contribution in [0, 0.1) is 0 Å². The van der Waals surface area contributed by atoms with Gasteiger partial charge < -0.3 is 9.64 Å². The number of carbonyl (C=O) groups is 1. The van der Waals surface area contributed by atoms with Gasteiger partial charge in [-0.1, -0.05) is 6.08 Å². The van der Waals surface area contributed by atoms with Crippen LogP contribution >= 0.6 is 0 Å². The van der Waals surface area contributed by atoms with Gasteiger partial charge in [-0.15, -0.1) is 0 Å². The number of nitrogens with zero attached hydrogens (tertiary/aromatic N) is 1. The molecule has 0 amide bonds. The van der Waals surface area contributed by atoms with Crippen molar-refractivity contribution in [1.82, 2.24) is 4.90 Å². The molecule has 0 aromatic heterocycles. The Morgan fingerprint density at radius 2 is 2.13 bits per heavy atom. The van der Waals surface area contributed by atoms with Crippen molar-refractivity contribution in [2.24, 2.45) is 0 Å². The highest BCUT2D eigenvalue weighted by Gasteiger charge is 2.32. The molecule has 0 aromatic rings. The van der Waals surface area contributed by atoms with Gasteiger partial charge in [0.15, 0.2) is 0 Å². The summed E-state index contributed by atoms with van der Waals surface area (Å²) < 4.78 is 5.38. The summed E-state index contributed by atoms with van der Waals surface area (Å²) in [6.07, 6.45) is 5.90. The predicted octanol–water partition coefficient (Wildman–Crippen LogP) is 2.33. The van der Waals surface area contributed by atoms with E-state index in [4.69, 9.17) is 4.74 Å². The highest BCUT2D eigenvalue weighted by molar-refractivity contribution is 5.76. The summed E-state index contributed by atoms with van der Waals surface area (Å²) in [6.45, 7) is 8.62. The van der Waals surface area contributed by atoms with Gasteiger partial charge in [0, 0.05) is 6.54 Å². The third-order valence-corrected chi connectivity index (χ3v) is 2.31. The molecular formula is C12H21NO2. The van der Waals surface area contributed by atoms with Crippen LogP contribution in [0.15, 0.2) is 12.3 Å². The lowest BCUT2D eigenvalue weighted by Crippen LogP contribution is -2.37. The van der Waals surface area contributed by atoms with Gasteiger partial charge in [0.25, 0.3) is 0 Å². The molecule has 1 rings (SSSR count). The van der Waals surface area contributed by atoms with E-state index < -0.39 is 0 Å². The van der Waals surface area contributed by atoms with E-state index >= 15 is 0 Å². The van der Waals surface area contributed by atoms with Gasteiger partial charge in [-0.2, -0.15) is 0 Å². The van der Waals surface area contributed by atoms with Crippen LogP contribution in [-0.4, -0.2) is 29.1 Å². The Balaban J connectivity index is 2.59. The fourth-order valence-electron chi connectivity index (χ4n) is 1.78. The summed E-state index contributed by atoms with van der Waals surface area (Å²) in [5, 5.41) is 0. The number of allylic oxidation sites excluding steroid dienone is 1. The van der Waals surface area contributed by atoms with E-state index in [2.05, 4.69) is 4.90 Å². The van der Waals surface area contributed by atoms with Crippen LogP contribution in [-0.2, 0) is 9.53 Å². The van der Waals surface area contributed by atoms with Crippen molar-refractivity contribution in [3.05, 3.63) is 12.3 Å². The van der Waals surface area contributed by atoms with Crippen LogP contribution in [0.5, 0.6) is 0 Å². The molecular weight excluding hydrogens is 190 g/mol. The van der Waals surface area contributed by atoms with E-state index in [-0.39, 0.29) is 17.6 Å². The second kappa shape index (κ2) is 4.69. The maximum absolute atomic E-state index is 11.8. The minimum Gasteiger partial charge on any atom is -0.458 e. The predicted molar refractivity (Wildman–Crippen MR) is 60.4 cm³/mol. The van der Waals surface area contributed by atoms with E-state index in [1.165, 1.54) is 0 Å². The highest BCUT2D eigenvalue weighted by Crippen LogP contribution is 2.21. The zero-order valence-electron chi connectivity index (χ0n) is 10.1. The monoisotopic (exact) mass is 211 g/mol. The third kappa shape index (κ3) is 3.57. The first kappa shape index (κ1) is 12.1. The molecule has 1 atom stereocenters. The zero-order valence-corrected chi connectivity index (χ0v) is 10.1. The van der Waals surface area contributed by atoms with Crippen LogP contribution in [0.4, 0.5) is 0 Å². The Labute approximate surface area is 92.1 Å². The van der Waals surface area contributed by atoms with Gasteiger partial charge >= 0.3 is 5.97 Å². The smallest absolute Gasteiger partial charge is 0.329 e. The van der Waals surface area contributed by atoms with Crippen molar-refractivity contribution in [2.75, 3.05) is 6.54 Å². The zero-order chi connectivity index (χ0) is 11.5. The lowest BCUT2D eigenvalue weighted by molar-refractivity contribution is -0.159. The third-order valence-electron chi connectivity index (χ3n) is 2.31. The van der Waals surface area contributed by atoms with E-state index in [0.717, 1.165) is 19.4 Å². The van der Waals surface area contributed by atoms with Gasteiger partial charge in [0.1, 0.15) is 11.6 Å². The van der Waals surface area contributed by atoms with Crippen molar-refractivity contribution < 1.29 is 9.53 Å². The standard InChI is InChI=1S/C12H21NO2/c1-5-8-13-9-6-7-10(13)11(14)15-12(2,3)4/h5,8,10H,6-7,9H2,1-4H3. The first-order valence-electron chi connectivity index (χ1n) is 5.55. The van der Waals surface area contributed by atoms with Crippen LogP contribution in [0.2, 0.25) is 0 Å². The molecule has 3 heteroatoms. The number of likely N-dealkylation sites (tertiary alicyclic amines) is 1. The fourth-order valence-corrected chi connectivity index (χ4v) is 1.78. The van der Waals surface area contributed by atoms with Crippen LogP contribution in [0.3, 0.4) is 0 Å². The second-order valence-electron chi connectivity index (χ2n) is 4.91. The molecule has 86 valence electrons. The van der Waals surface area contributed by atoms with Gasteiger partial charge in [0.2, 0.25) is 0 Å². The molecule has 1 heterocycles. The Kier molecular flexibility index (Phi) is 3.77. The summed E-state index contributed by atoms with van der Waals surface area (Å²) in [5.74, 6) is -0.0990. The number of hydrogen-bond acceptors (Lipinski definition) is 3. The maximum Gasteiger partial charge on any atom is 0.329 e. The molecule has 1 unspecified atom stereocenters. The fraction of sp³-hybridized carbons (Fsp3) is 0.750. The molecule has 1 saturated heterocycles. The van der Waals surface area contributed by atoms with Gasteiger partial charge in [0.05, 0.1) is 0 Å². The molecule has 3 nitrogen and oxygen atoms in total. The van der Waals surface area contributed by atoms with Gasteiger partial charge in [-0.05, 0) is 46.7 Å². The summed E-state index contributed by atoms with van der Waals surface area (Å²) in [6, 6.07) is -0.0829. The maximum atomic E-state index is 11.8. The van der Waals surface area contributed by atoms with Gasteiger partial charge in [-0.25, -0.2) is 4.79 Å². The molecule has 0 aliphatic carbocycles. The largest absolute Gasteiger partial charge is 0.458 e. The summed E-state index contributed by atoms with van der Waals surface area (Å²) >= 11 is 0. The topological polar surface area (TPSA) is 29.5 Å². The molecule has 0 N–H and O–H groups in total. The SMILES string of the molecule is CC=CN1CCCC1C(=O)OC(C)(C)C. The number of esters is 1. The van der Waals surface area contributed by atoms with Crippen LogP contribution in [0.1, 0.15) is 40.5 Å². The minimum atomic E-state index is -0.388. The number of hydrogen-bond donors (Lipinski definition) is 0. The molecule has 1 aliphatic heterocycles. The van der Waals surface area contributed by atoms with E-state index in [1.54, 1.807) is 0 Å². The van der Waals surface area contributed by atoms with E-state index in [0.29, 0.717) is 0 Å². The van der Waals surface area contributed by atoms with Crippen molar-refractivity contribution in [2.45, 2.75) is 52.2 Å². The van der Waals surface area contributed by atoms with Crippen molar-refractivity contribution in [1.29, 1.82) is 0 Å². The average Bonchev–Trinajstić information content (AvgIpc) is 2.49.